The van der Waals surface area contributed by atoms with Crippen molar-refractivity contribution >= 4 is 23.9 Å². The SMILES string of the molecule is CC(C)(CO)CO.CCCCCCCC(=O)O.CCCCCCCC(=O)O.CCCCCCCC(=O)O.CCCCCCCC(=O)O. The van der Waals surface area contributed by atoms with Crippen LogP contribution in [0.25, 0.3) is 0 Å². The minimum atomic E-state index is -0.670. The molecule has 0 saturated heterocycles. The Hall–Kier alpha value is -2.20. The van der Waals surface area contributed by atoms with Gasteiger partial charge >= 0.3 is 23.9 Å². The summed E-state index contributed by atoms with van der Waals surface area (Å²) < 4.78 is 0. The first kappa shape index (κ1) is 54.3. The lowest BCUT2D eigenvalue weighted by molar-refractivity contribution is -0.138. The molecule has 0 rings (SSSR count). The van der Waals surface area contributed by atoms with Crippen LogP contribution in [-0.2, 0) is 19.2 Å². The summed E-state index contributed by atoms with van der Waals surface area (Å²) in [5.41, 5.74) is -0.306. The first-order valence-electron chi connectivity index (χ1n) is 18.3. The molecule has 0 saturated carbocycles. The standard InChI is InChI=1S/4C8H16O2.C5H12O2/c4*1-2-3-4-5-6-7-8(9)10;1-5(2,3-6)4-7/h4*2-7H2,1H3,(H,9,10);6-7H,3-4H2,1-2H3. The summed E-state index contributed by atoms with van der Waals surface area (Å²) in [5, 5.41) is 49.9. The van der Waals surface area contributed by atoms with Crippen LogP contribution >= 0.6 is 0 Å². The first-order valence-corrected chi connectivity index (χ1v) is 18.3. The molecule has 6 N–H and O–H groups in total. The van der Waals surface area contributed by atoms with E-state index in [1.54, 1.807) is 13.8 Å². The maximum absolute atomic E-state index is 10.0. The maximum atomic E-state index is 10.0. The molecule has 0 aromatic carbocycles. The van der Waals surface area contributed by atoms with Crippen LogP contribution in [0.4, 0.5) is 0 Å². The largest absolute Gasteiger partial charge is 0.481 e. The van der Waals surface area contributed by atoms with Crippen LogP contribution in [0, 0.1) is 5.41 Å². The molecule has 0 amide bonds. The third-order valence-electron chi connectivity index (χ3n) is 6.83. The van der Waals surface area contributed by atoms with Crippen LogP contribution in [0.1, 0.15) is 196 Å². The molecule has 0 aliphatic rings. The van der Waals surface area contributed by atoms with E-state index in [4.69, 9.17) is 30.6 Å². The lowest BCUT2D eigenvalue weighted by atomic mass is 9.97. The van der Waals surface area contributed by atoms with E-state index in [0.717, 1.165) is 51.4 Å². The summed E-state index contributed by atoms with van der Waals surface area (Å²) in [7, 11) is 0. The number of carboxylic acids is 4. The molecular formula is C37H76O10. The van der Waals surface area contributed by atoms with E-state index in [9.17, 15) is 19.2 Å². The van der Waals surface area contributed by atoms with Gasteiger partial charge in [-0.05, 0) is 25.7 Å². The van der Waals surface area contributed by atoms with Crippen molar-refractivity contribution in [2.45, 2.75) is 196 Å². The fourth-order valence-corrected chi connectivity index (χ4v) is 3.57. The van der Waals surface area contributed by atoms with Crippen molar-refractivity contribution in [1.29, 1.82) is 0 Å². The molecule has 10 nitrogen and oxygen atoms in total. The van der Waals surface area contributed by atoms with Crippen LogP contribution in [0.5, 0.6) is 0 Å². The molecule has 0 bridgehead atoms. The summed E-state index contributed by atoms with van der Waals surface area (Å²) in [6.07, 6.45) is 23.5. The number of aliphatic hydroxyl groups is 2. The van der Waals surface area contributed by atoms with Gasteiger partial charge in [0.2, 0.25) is 0 Å². The normalized spacial score (nSPS) is 10.0. The van der Waals surface area contributed by atoms with Crippen LogP contribution in [0.3, 0.4) is 0 Å². The molecular weight excluding hydrogens is 604 g/mol. The summed E-state index contributed by atoms with van der Waals surface area (Å²) in [6.45, 7) is 12.3. The molecule has 0 aliphatic carbocycles. The molecule has 47 heavy (non-hydrogen) atoms. The molecule has 284 valence electrons. The van der Waals surface area contributed by atoms with Crippen molar-refractivity contribution in [3.05, 3.63) is 0 Å². The van der Waals surface area contributed by atoms with Gasteiger partial charge in [0.05, 0.1) is 13.2 Å². The number of aliphatic hydroxyl groups excluding tert-OH is 2. The van der Waals surface area contributed by atoms with Crippen LogP contribution in [0.2, 0.25) is 0 Å². The van der Waals surface area contributed by atoms with Crippen molar-refractivity contribution in [3.63, 3.8) is 0 Å². The van der Waals surface area contributed by atoms with Gasteiger partial charge in [-0.25, -0.2) is 0 Å². The molecule has 0 atom stereocenters. The van der Waals surface area contributed by atoms with E-state index in [-0.39, 0.29) is 18.6 Å². The zero-order valence-electron chi connectivity index (χ0n) is 31.2. The second-order valence-corrected chi connectivity index (χ2v) is 12.7. The predicted molar refractivity (Wildman–Crippen MR) is 192 cm³/mol. The smallest absolute Gasteiger partial charge is 0.303 e. The molecule has 0 radical (unpaired) electrons. The van der Waals surface area contributed by atoms with Crippen molar-refractivity contribution in [1.82, 2.24) is 0 Å². The molecule has 0 heterocycles. The van der Waals surface area contributed by atoms with Gasteiger partial charge in [0.1, 0.15) is 0 Å². The van der Waals surface area contributed by atoms with Crippen LogP contribution in [-0.4, -0.2) is 67.7 Å². The maximum Gasteiger partial charge on any atom is 0.303 e. The molecule has 0 unspecified atom stereocenters. The minimum Gasteiger partial charge on any atom is -0.481 e. The topological polar surface area (TPSA) is 190 Å². The van der Waals surface area contributed by atoms with Gasteiger partial charge in [-0.1, -0.05) is 144 Å². The van der Waals surface area contributed by atoms with Gasteiger partial charge in [-0.3, -0.25) is 19.2 Å². The highest BCUT2D eigenvalue weighted by atomic mass is 16.4. The third kappa shape index (κ3) is 75.7. The summed E-state index contributed by atoms with van der Waals surface area (Å²) in [4.78, 5) is 40.1. The van der Waals surface area contributed by atoms with Gasteiger partial charge in [-0.15, -0.1) is 0 Å². The monoisotopic (exact) mass is 681 g/mol. The Balaban J connectivity index is -0.000000157. The Morgan fingerprint density at radius 2 is 0.532 bits per heavy atom. The van der Waals surface area contributed by atoms with E-state index < -0.39 is 23.9 Å². The number of carboxylic acid groups (broad SMARTS) is 4. The number of hydrogen-bond donors (Lipinski definition) is 6. The zero-order chi connectivity index (χ0) is 37.2. The minimum absolute atomic E-state index is 0.0451. The lowest BCUT2D eigenvalue weighted by Gasteiger charge is -2.16. The summed E-state index contributed by atoms with van der Waals surface area (Å²) in [5.74, 6) is -2.68. The van der Waals surface area contributed by atoms with Crippen molar-refractivity contribution < 1.29 is 49.8 Å². The zero-order valence-corrected chi connectivity index (χ0v) is 31.2. The average molecular weight is 681 g/mol. The number of hydrogen-bond acceptors (Lipinski definition) is 6. The van der Waals surface area contributed by atoms with Crippen LogP contribution < -0.4 is 0 Å². The number of rotatable bonds is 26. The number of carbonyl (C=O) groups is 4. The lowest BCUT2D eigenvalue weighted by Crippen LogP contribution is -2.20. The Bertz CT molecular complexity index is 564. The third-order valence-corrected chi connectivity index (χ3v) is 6.83. The highest BCUT2D eigenvalue weighted by molar-refractivity contribution is 5.67. The Labute approximate surface area is 287 Å². The van der Waals surface area contributed by atoms with E-state index in [0.29, 0.717) is 25.7 Å². The van der Waals surface area contributed by atoms with Crippen LogP contribution in [0.15, 0.2) is 0 Å². The molecule has 0 spiro atoms. The van der Waals surface area contributed by atoms with Gasteiger partial charge in [0.25, 0.3) is 0 Å². The Kier molecular flexibility index (Phi) is 53.0. The Morgan fingerprint density at radius 3 is 0.638 bits per heavy atom. The number of unbranched alkanes of at least 4 members (excludes halogenated alkanes) is 16. The molecule has 0 fully saturated rings. The predicted octanol–water partition coefficient (Wildman–Crippen LogP) is 9.72. The van der Waals surface area contributed by atoms with Gasteiger partial charge in [-0.2, -0.15) is 0 Å². The van der Waals surface area contributed by atoms with Crippen molar-refractivity contribution in [2.24, 2.45) is 5.41 Å². The average Bonchev–Trinajstić information content (AvgIpc) is 3.01. The second-order valence-electron chi connectivity index (χ2n) is 12.7. The van der Waals surface area contributed by atoms with Gasteiger partial charge in [0, 0.05) is 31.1 Å². The van der Waals surface area contributed by atoms with Crippen molar-refractivity contribution in [2.75, 3.05) is 13.2 Å². The molecule has 0 aromatic heterocycles. The van der Waals surface area contributed by atoms with Gasteiger partial charge < -0.3 is 30.6 Å². The summed E-state index contributed by atoms with van der Waals surface area (Å²) >= 11 is 0. The highest BCUT2D eigenvalue weighted by Crippen LogP contribution is 2.10. The Morgan fingerprint density at radius 1 is 0.362 bits per heavy atom. The van der Waals surface area contributed by atoms with Gasteiger partial charge in [0.15, 0.2) is 0 Å². The second kappa shape index (κ2) is 45.9. The van der Waals surface area contributed by atoms with E-state index in [2.05, 4.69) is 27.7 Å². The van der Waals surface area contributed by atoms with E-state index in [1.165, 1.54) is 77.0 Å². The summed E-state index contributed by atoms with van der Waals surface area (Å²) in [6, 6.07) is 0. The van der Waals surface area contributed by atoms with Crippen molar-refractivity contribution in [3.8, 4) is 0 Å². The highest BCUT2D eigenvalue weighted by Gasteiger charge is 2.13. The molecule has 0 aromatic rings. The van der Waals surface area contributed by atoms with E-state index >= 15 is 0 Å². The van der Waals surface area contributed by atoms with E-state index in [1.807, 2.05) is 0 Å². The number of aliphatic carboxylic acids is 4. The fraction of sp³-hybridized carbons (Fsp3) is 0.892. The first-order chi connectivity index (χ1) is 22.2. The molecule has 10 heteroatoms. The fourth-order valence-electron chi connectivity index (χ4n) is 3.57. The molecule has 0 aliphatic heterocycles. The quantitative estimate of drug-likeness (QED) is 0.0479.